The van der Waals surface area contributed by atoms with Crippen LogP contribution in [-0.2, 0) is 0 Å². The van der Waals surface area contributed by atoms with Gasteiger partial charge in [0, 0.05) is 0 Å². The molecule has 1 aliphatic carbocycles. The third-order valence-corrected chi connectivity index (χ3v) is 3.56. The van der Waals surface area contributed by atoms with Crippen LogP contribution in [-0.4, -0.2) is 31.3 Å². The number of nitrogens with one attached hydrogen (secondary N) is 1. The van der Waals surface area contributed by atoms with E-state index < -0.39 is 5.60 Å². The molecule has 18 heavy (non-hydrogen) atoms. The van der Waals surface area contributed by atoms with Crippen LogP contribution in [0, 0.1) is 17.8 Å². The van der Waals surface area contributed by atoms with E-state index in [9.17, 15) is 5.11 Å². The molecule has 0 aromatic rings. The second kappa shape index (κ2) is 8.80. The Morgan fingerprint density at radius 2 is 1.83 bits per heavy atom. The number of hydrogen-bond acceptors (Lipinski definition) is 1. The molecule has 0 saturated heterocycles. The molecule has 0 radical (unpaired) electrons. The number of aliphatic hydroxyl groups is 1. The van der Waals surface area contributed by atoms with Gasteiger partial charge < -0.3 is 22.4 Å². The summed E-state index contributed by atoms with van der Waals surface area (Å²) in [4.78, 5) is 1.31. The third-order valence-electron chi connectivity index (χ3n) is 3.56. The highest BCUT2D eigenvalue weighted by Gasteiger charge is 2.21. The standard InChI is InChI=1S/C15H27NO.ClH/c1-15(17,11-7-13-16(2)3)12-10-14-8-5-4-6-9-14;/h14,17H,4-6,8-10,12-13H2,1-3H3;1H. The Morgan fingerprint density at radius 3 is 2.39 bits per heavy atom. The van der Waals surface area contributed by atoms with E-state index in [1.54, 1.807) is 0 Å². The van der Waals surface area contributed by atoms with Gasteiger partial charge in [0.25, 0.3) is 0 Å². The molecule has 0 heterocycles. The second-order valence-corrected chi connectivity index (χ2v) is 6.00. The summed E-state index contributed by atoms with van der Waals surface area (Å²) in [6.45, 7) is 2.66. The lowest BCUT2D eigenvalue weighted by atomic mass is 9.83. The van der Waals surface area contributed by atoms with E-state index in [2.05, 4.69) is 25.9 Å². The average molecular weight is 274 g/mol. The summed E-state index contributed by atoms with van der Waals surface area (Å²) in [7, 11) is 4.15. The minimum atomic E-state index is -0.785. The van der Waals surface area contributed by atoms with Crippen LogP contribution in [0.25, 0.3) is 0 Å². The average Bonchev–Trinajstić information content (AvgIpc) is 2.27. The van der Waals surface area contributed by atoms with Gasteiger partial charge in [-0.25, -0.2) is 0 Å². The molecule has 0 aromatic carbocycles. The van der Waals surface area contributed by atoms with E-state index in [-0.39, 0.29) is 12.4 Å². The smallest absolute Gasteiger partial charge is 0.139 e. The molecular weight excluding hydrogens is 246 g/mol. The van der Waals surface area contributed by atoms with Crippen LogP contribution in [0.4, 0.5) is 0 Å². The molecule has 3 heteroatoms. The Labute approximate surface area is 119 Å². The second-order valence-electron chi connectivity index (χ2n) is 6.00. The SMILES string of the molecule is C[NH+](C)CC#CC(C)(O)CCC1CCCCC1.[Cl-]. The highest BCUT2D eigenvalue weighted by atomic mass is 35.5. The van der Waals surface area contributed by atoms with Crippen molar-refractivity contribution in [2.45, 2.75) is 57.5 Å². The van der Waals surface area contributed by atoms with Crippen LogP contribution in [0.15, 0.2) is 0 Å². The van der Waals surface area contributed by atoms with Gasteiger partial charge in [-0.2, -0.15) is 0 Å². The molecule has 106 valence electrons. The summed E-state index contributed by atoms with van der Waals surface area (Å²) >= 11 is 0. The van der Waals surface area contributed by atoms with Crippen molar-refractivity contribution >= 4 is 0 Å². The van der Waals surface area contributed by atoms with Gasteiger partial charge in [-0.3, -0.25) is 0 Å². The first-order chi connectivity index (χ1) is 7.99. The summed E-state index contributed by atoms with van der Waals surface area (Å²) in [6, 6.07) is 0. The minimum absolute atomic E-state index is 0. The van der Waals surface area contributed by atoms with E-state index in [0.29, 0.717) is 0 Å². The fourth-order valence-corrected chi connectivity index (χ4v) is 2.43. The number of rotatable bonds is 4. The molecule has 0 aliphatic heterocycles. The molecule has 1 rings (SSSR count). The van der Waals surface area contributed by atoms with Crippen molar-refractivity contribution in [1.82, 2.24) is 0 Å². The van der Waals surface area contributed by atoms with Gasteiger partial charge >= 0.3 is 0 Å². The predicted molar refractivity (Wildman–Crippen MR) is 71.9 cm³/mol. The van der Waals surface area contributed by atoms with Gasteiger partial charge in [0.2, 0.25) is 0 Å². The molecule has 2 nitrogen and oxygen atoms in total. The minimum Gasteiger partial charge on any atom is -1.00 e. The zero-order chi connectivity index (χ0) is 12.7. The van der Waals surface area contributed by atoms with Gasteiger partial charge in [-0.1, -0.05) is 38.0 Å². The van der Waals surface area contributed by atoms with Crippen LogP contribution in [0.2, 0.25) is 0 Å². The quantitative estimate of drug-likeness (QED) is 0.584. The maximum atomic E-state index is 10.2. The molecular formula is C15H28ClNO. The van der Waals surface area contributed by atoms with Gasteiger partial charge in [-0.15, -0.1) is 0 Å². The Hall–Kier alpha value is -0.230. The first-order valence-corrected chi connectivity index (χ1v) is 7.01. The largest absolute Gasteiger partial charge is 1.00 e. The third kappa shape index (κ3) is 7.97. The molecule has 1 atom stereocenters. The van der Waals surface area contributed by atoms with Crippen molar-refractivity contribution in [1.29, 1.82) is 0 Å². The molecule has 1 unspecified atom stereocenters. The first-order valence-electron chi connectivity index (χ1n) is 7.01. The van der Waals surface area contributed by atoms with Crippen molar-refractivity contribution < 1.29 is 22.4 Å². The van der Waals surface area contributed by atoms with Gasteiger partial charge in [-0.05, 0) is 31.6 Å². The van der Waals surface area contributed by atoms with Crippen molar-refractivity contribution in [2.24, 2.45) is 5.92 Å². The van der Waals surface area contributed by atoms with Crippen LogP contribution >= 0.6 is 0 Å². The van der Waals surface area contributed by atoms with Crippen LogP contribution < -0.4 is 17.3 Å². The molecule has 2 N–H and O–H groups in total. The lowest BCUT2D eigenvalue weighted by Crippen LogP contribution is -3.05. The maximum absolute atomic E-state index is 10.2. The fraction of sp³-hybridized carbons (Fsp3) is 0.867. The number of halogens is 1. The molecule has 0 bridgehead atoms. The molecule has 0 aromatic heterocycles. The van der Waals surface area contributed by atoms with Gasteiger partial charge in [0.05, 0.1) is 14.1 Å². The van der Waals surface area contributed by atoms with E-state index in [4.69, 9.17) is 0 Å². The zero-order valence-corrected chi connectivity index (χ0v) is 12.8. The number of hydrogen-bond donors (Lipinski definition) is 2. The summed E-state index contributed by atoms with van der Waals surface area (Å²) in [5, 5.41) is 10.2. The van der Waals surface area contributed by atoms with Gasteiger partial charge in [0.1, 0.15) is 12.1 Å². The highest BCUT2D eigenvalue weighted by Crippen LogP contribution is 2.29. The summed E-state index contributed by atoms with van der Waals surface area (Å²) in [5.74, 6) is 6.92. The maximum Gasteiger partial charge on any atom is 0.139 e. The predicted octanol–water partition coefficient (Wildman–Crippen LogP) is -1.75. The van der Waals surface area contributed by atoms with Crippen molar-refractivity contribution in [3.05, 3.63) is 0 Å². The first kappa shape index (κ1) is 17.8. The molecule has 1 fully saturated rings. The van der Waals surface area contributed by atoms with Crippen LogP contribution in [0.3, 0.4) is 0 Å². The number of quaternary nitrogens is 1. The van der Waals surface area contributed by atoms with E-state index in [1.807, 2.05) is 6.92 Å². The molecule has 0 amide bonds. The van der Waals surface area contributed by atoms with Crippen molar-refractivity contribution in [3.63, 3.8) is 0 Å². The monoisotopic (exact) mass is 273 g/mol. The lowest BCUT2D eigenvalue weighted by Gasteiger charge is -2.24. The molecule has 1 saturated carbocycles. The Morgan fingerprint density at radius 1 is 1.22 bits per heavy atom. The Balaban J connectivity index is 0.00000289. The van der Waals surface area contributed by atoms with E-state index >= 15 is 0 Å². The van der Waals surface area contributed by atoms with E-state index in [1.165, 1.54) is 37.0 Å². The van der Waals surface area contributed by atoms with Crippen LogP contribution in [0.5, 0.6) is 0 Å². The van der Waals surface area contributed by atoms with E-state index in [0.717, 1.165) is 25.3 Å². The lowest BCUT2D eigenvalue weighted by molar-refractivity contribution is -0.850. The highest BCUT2D eigenvalue weighted by molar-refractivity contribution is 5.11. The Kier molecular flexibility index (Phi) is 8.69. The van der Waals surface area contributed by atoms with Crippen molar-refractivity contribution in [2.75, 3.05) is 20.6 Å². The normalized spacial score (nSPS) is 19.6. The summed E-state index contributed by atoms with van der Waals surface area (Å²) in [6.07, 6.45) is 8.82. The van der Waals surface area contributed by atoms with Gasteiger partial charge in [0.15, 0.2) is 0 Å². The summed E-state index contributed by atoms with van der Waals surface area (Å²) in [5.41, 5.74) is -0.785. The zero-order valence-electron chi connectivity index (χ0n) is 12.1. The Bertz CT molecular complexity index is 272. The topological polar surface area (TPSA) is 24.7 Å². The summed E-state index contributed by atoms with van der Waals surface area (Å²) < 4.78 is 0. The molecule has 1 aliphatic rings. The molecule has 0 spiro atoms. The van der Waals surface area contributed by atoms with Crippen molar-refractivity contribution in [3.8, 4) is 11.8 Å². The van der Waals surface area contributed by atoms with Crippen LogP contribution in [0.1, 0.15) is 51.9 Å². The fourth-order valence-electron chi connectivity index (χ4n) is 2.43.